The maximum absolute atomic E-state index is 13.9. The van der Waals surface area contributed by atoms with Crippen molar-refractivity contribution in [3.05, 3.63) is 53.6 Å². The molecule has 0 radical (unpaired) electrons. The zero-order valence-electron chi connectivity index (χ0n) is 17.4. The second kappa shape index (κ2) is 8.38. The van der Waals surface area contributed by atoms with E-state index in [1.807, 2.05) is 0 Å². The maximum atomic E-state index is 13.9. The van der Waals surface area contributed by atoms with E-state index >= 15 is 0 Å². The molecule has 1 aliphatic rings. The van der Waals surface area contributed by atoms with Crippen molar-refractivity contribution >= 4 is 17.5 Å². The lowest BCUT2D eigenvalue weighted by Crippen LogP contribution is -2.47. The van der Waals surface area contributed by atoms with Crippen LogP contribution in [0.1, 0.15) is 35.8 Å². The van der Waals surface area contributed by atoms with Crippen molar-refractivity contribution in [1.29, 1.82) is 0 Å². The Kier molecular flexibility index (Phi) is 6.14. The van der Waals surface area contributed by atoms with Crippen molar-refractivity contribution in [3.8, 4) is 5.75 Å². The van der Waals surface area contributed by atoms with E-state index < -0.39 is 47.3 Å². The number of primary amides is 1. The summed E-state index contributed by atoms with van der Waals surface area (Å²) in [6, 6.07) is 5.92. The summed E-state index contributed by atoms with van der Waals surface area (Å²) in [4.78, 5) is 28.1. The Morgan fingerprint density at radius 1 is 1.25 bits per heavy atom. The van der Waals surface area contributed by atoms with Gasteiger partial charge in [-0.3, -0.25) is 14.6 Å². The molecular formula is C21H21F4N3O4. The molecule has 32 heavy (non-hydrogen) atoms. The zero-order valence-corrected chi connectivity index (χ0v) is 17.4. The van der Waals surface area contributed by atoms with E-state index in [1.165, 1.54) is 38.4 Å². The predicted octanol–water partition coefficient (Wildman–Crippen LogP) is 3.41. The fourth-order valence-corrected chi connectivity index (χ4v) is 3.84. The Balaban J connectivity index is 2.04. The van der Waals surface area contributed by atoms with Gasteiger partial charge in [0.2, 0.25) is 0 Å². The van der Waals surface area contributed by atoms with Crippen LogP contribution in [0.4, 0.5) is 23.2 Å². The molecular weight excluding hydrogens is 434 g/mol. The monoisotopic (exact) mass is 455 g/mol. The SMILES string of the molecule is COc1cc(F)ccc1[C@@H]1[C@@H](C)[C@](C)(C(F)(F)F)O[C@H]1C(=O)Nc1ccnc(C(N)=O)c1. The van der Waals surface area contributed by atoms with Gasteiger partial charge in [-0.05, 0) is 25.1 Å². The molecule has 0 unspecified atom stereocenters. The van der Waals surface area contributed by atoms with Crippen LogP contribution >= 0.6 is 0 Å². The predicted molar refractivity (Wildman–Crippen MR) is 106 cm³/mol. The molecule has 3 rings (SSSR count). The van der Waals surface area contributed by atoms with Gasteiger partial charge in [0.05, 0.1) is 7.11 Å². The molecule has 2 heterocycles. The first-order valence-electron chi connectivity index (χ1n) is 9.53. The van der Waals surface area contributed by atoms with Gasteiger partial charge in [0.25, 0.3) is 11.8 Å². The van der Waals surface area contributed by atoms with E-state index in [2.05, 4.69) is 10.3 Å². The molecule has 2 aromatic rings. The third kappa shape index (κ3) is 4.12. The molecule has 172 valence electrons. The molecule has 1 aliphatic heterocycles. The highest BCUT2D eigenvalue weighted by atomic mass is 19.4. The molecule has 0 saturated carbocycles. The highest BCUT2D eigenvalue weighted by Gasteiger charge is 2.65. The molecule has 0 bridgehead atoms. The fourth-order valence-electron chi connectivity index (χ4n) is 3.84. The summed E-state index contributed by atoms with van der Waals surface area (Å²) < 4.78 is 66.0. The van der Waals surface area contributed by atoms with E-state index in [4.69, 9.17) is 15.2 Å². The van der Waals surface area contributed by atoms with Gasteiger partial charge in [-0.25, -0.2) is 4.39 Å². The Hall–Kier alpha value is -3.21. The number of alkyl halides is 3. The molecule has 3 N–H and O–H groups in total. The standard InChI is InChI=1S/C21H21F4N3O4/c1-10-16(13-5-4-11(22)8-15(13)31-3)17(32-20(10,2)21(23,24)25)19(30)28-12-6-7-27-14(9-12)18(26)29/h4-10,16-17H,1-3H3,(H2,26,29)(H,27,28,30)/t10-,16+,17-,20-/m1/s1. The number of nitrogens with one attached hydrogen (secondary N) is 1. The number of aromatic nitrogens is 1. The van der Waals surface area contributed by atoms with Gasteiger partial charge in [-0.15, -0.1) is 0 Å². The fraction of sp³-hybridized carbons (Fsp3) is 0.381. The minimum Gasteiger partial charge on any atom is -0.496 e. The number of methoxy groups -OCH3 is 1. The Labute approximate surface area is 180 Å². The molecule has 2 amide bonds. The summed E-state index contributed by atoms with van der Waals surface area (Å²) in [5.74, 6) is -4.72. The smallest absolute Gasteiger partial charge is 0.417 e. The molecule has 1 fully saturated rings. The lowest BCUT2D eigenvalue weighted by molar-refractivity contribution is -0.272. The minimum absolute atomic E-state index is 0.00500. The van der Waals surface area contributed by atoms with E-state index in [-0.39, 0.29) is 22.7 Å². The number of hydrogen-bond donors (Lipinski definition) is 2. The molecule has 1 saturated heterocycles. The number of anilines is 1. The highest BCUT2D eigenvalue weighted by Crippen LogP contribution is 2.54. The number of amides is 2. The van der Waals surface area contributed by atoms with E-state index in [1.54, 1.807) is 0 Å². The lowest BCUT2D eigenvalue weighted by atomic mass is 9.77. The zero-order chi connectivity index (χ0) is 23.8. The van der Waals surface area contributed by atoms with E-state index in [0.717, 1.165) is 19.1 Å². The van der Waals surface area contributed by atoms with Crippen LogP contribution in [0.2, 0.25) is 0 Å². The molecule has 7 nitrogen and oxygen atoms in total. The number of ether oxygens (including phenoxy) is 2. The first-order valence-corrected chi connectivity index (χ1v) is 9.53. The number of nitrogens with two attached hydrogens (primary N) is 1. The molecule has 0 spiro atoms. The first kappa shape index (κ1) is 23.5. The van der Waals surface area contributed by atoms with Gasteiger partial charge in [0.15, 0.2) is 5.60 Å². The number of hydrogen-bond acceptors (Lipinski definition) is 5. The van der Waals surface area contributed by atoms with Crippen LogP contribution in [0.15, 0.2) is 36.5 Å². The van der Waals surface area contributed by atoms with Crippen LogP contribution in [-0.2, 0) is 9.53 Å². The average molecular weight is 455 g/mol. The molecule has 0 aliphatic carbocycles. The molecule has 4 atom stereocenters. The topological polar surface area (TPSA) is 104 Å². The highest BCUT2D eigenvalue weighted by molar-refractivity contribution is 5.97. The number of pyridine rings is 1. The number of carbonyl (C=O) groups is 2. The molecule has 1 aromatic carbocycles. The van der Waals surface area contributed by atoms with Gasteiger partial charge in [0.1, 0.15) is 23.4 Å². The van der Waals surface area contributed by atoms with Crippen LogP contribution in [-0.4, -0.2) is 41.8 Å². The number of nitrogens with zero attached hydrogens (tertiary/aromatic N) is 1. The van der Waals surface area contributed by atoms with Gasteiger partial charge in [-0.2, -0.15) is 13.2 Å². The minimum atomic E-state index is -4.79. The summed E-state index contributed by atoms with van der Waals surface area (Å²) in [7, 11) is 1.25. The number of benzene rings is 1. The quantitative estimate of drug-likeness (QED) is 0.673. The Morgan fingerprint density at radius 2 is 1.94 bits per heavy atom. The summed E-state index contributed by atoms with van der Waals surface area (Å²) in [6.45, 7) is 2.18. The van der Waals surface area contributed by atoms with Crippen LogP contribution in [0.25, 0.3) is 0 Å². The maximum Gasteiger partial charge on any atom is 0.417 e. The number of carbonyl (C=O) groups excluding carboxylic acids is 2. The Bertz CT molecular complexity index is 1050. The summed E-state index contributed by atoms with van der Waals surface area (Å²) in [5, 5.41) is 2.44. The first-order chi connectivity index (χ1) is 14.9. The van der Waals surface area contributed by atoms with Crippen LogP contribution < -0.4 is 15.8 Å². The summed E-state index contributed by atoms with van der Waals surface area (Å²) in [5.41, 5.74) is 2.67. The summed E-state index contributed by atoms with van der Waals surface area (Å²) >= 11 is 0. The van der Waals surface area contributed by atoms with E-state index in [9.17, 15) is 27.2 Å². The summed E-state index contributed by atoms with van der Waals surface area (Å²) in [6.07, 6.45) is -5.17. The lowest BCUT2D eigenvalue weighted by Gasteiger charge is -2.32. The normalized spacial score (nSPS) is 25.4. The molecule has 1 aromatic heterocycles. The molecule has 11 heteroatoms. The Morgan fingerprint density at radius 3 is 2.53 bits per heavy atom. The van der Waals surface area contributed by atoms with E-state index in [0.29, 0.717) is 0 Å². The van der Waals surface area contributed by atoms with Crippen molar-refractivity contribution in [3.63, 3.8) is 0 Å². The van der Waals surface area contributed by atoms with Crippen molar-refractivity contribution in [1.82, 2.24) is 4.98 Å². The van der Waals surface area contributed by atoms with Crippen molar-refractivity contribution in [2.45, 2.75) is 37.6 Å². The van der Waals surface area contributed by atoms with Gasteiger partial charge in [0, 0.05) is 35.3 Å². The number of halogens is 4. The van der Waals surface area contributed by atoms with Crippen LogP contribution in [0.3, 0.4) is 0 Å². The average Bonchev–Trinajstić information content (AvgIpc) is 3.00. The number of rotatable bonds is 5. The van der Waals surface area contributed by atoms with Crippen molar-refractivity contribution < 1.29 is 36.6 Å². The third-order valence-electron chi connectivity index (χ3n) is 5.76. The van der Waals surface area contributed by atoms with Gasteiger partial charge >= 0.3 is 6.18 Å². The van der Waals surface area contributed by atoms with Crippen LogP contribution in [0, 0.1) is 11.7 Å². The van der Waals surface area contributed by atoms with Gasteiger partial charge in [-0.1, -0.05) is 13.0 Å². The second-order valence-corrected chi connectivity index (χ2v) is 7.63. The van der Waals surface area contributed by atoms with Gasteiger partial charge < -0.3 is 20.5 Å². The van der Waals surface area contributed by atoms with Crippen molar-refractivity contribution in [2.24, 2.45) is 11.7 Å². The van der Waals surface area contributed by atoms with Crippen molar-refractivity contribution in [2.75, 3.05) is 12.4 Å². The second-order valence-electron chi connectivity index (χ2n) is 7.63. The largest absolute Gasteiger partial charge is 0.496 e. The third-order valence-corrected chi connectivity index (χ3v) is 5.76. The van der Waals surface area contributed by atoms with Crippen LogP contribution in [0.5, 0.6) is 5.75 Å².